The van der Waals surface area contributed by atoms with Crippen LogP contribution >= 0.6 is 22.6 Å². The molecule has 0 unspecified atom stereocenters. The molecule has 0 saturated heterocycles. The third-order valence-corrected chi connectivity index (χ3v) is 3.87. The minimum Gasteiger partial charge on any atom is -0.478 e. The molecular formula is C8H8INO5S. The van der Waals surface area contributed by atoms with Gasteiger partial charge in [0.05, 0.1) is 17.6 Å². The molecule has 0 heterocycles. The van der Waals surface area contributed by atoms with Crippen molar-refractivity contribution in [1.29, 1.82) is 0 Å². The maximum absolute atomic E-state index is 11.5. The van der Waals surface area contributed by atoms with Gasteiger partial charge in [-0.25, -0.2) is 13.2 Å². The maximum atomic E-state index is 11.5. The summed E-state index contributed by atoms with van der Waals surface area (Å²) in [5.41, 5.74) is -0.0698. The van der Waals surface area contributed by atoms with Crippen molar-refractivity contribution in [2.24, 2.45) is 0 Å². The fraction of sp³-hybridized carbons (Fsp3) is 0.125. The van der Waals surface area contributed by atoms with Gasteiger partial charge in [0, 0.05) is 3.57 Å². The zero-order valence-corrected chi connectivity index (χ0v) is 11.1. The highest BCUT2D eigenvalue weighted by molar-refractivity contribution is 14.1. The van der Waals surface area contributed by atoms with Crippen LogP contribution in [0, 0.1) is 3.57 Å². The van der Waals surface area contributed by atoms with Gasteiger partial charge in [-0.2, -0.15) is 0 Å². The third-order valence-electron chi connectivity index (χ3n) is 1.67. The number of carbonyl (C=O) groups is 1. The largest absolute Gasteiger partial charge is 0.478 e. The molecule has 0 saturated carbocycles. The minimum absolute atomic E-state index is 0.0698. The van der Waals surface area contributed by atoms with Gasteiger partial charge in [0.2, 0.25) is 0 Å². The molecule has 0 atom stereocenters. The van der Waals surface area contributed by atoms with Crippen molar-refractivity contribution >= 4 is 38.6 Å². The van der Waals surface area contributed by atoms with Crippen molar-refractivity contribution < 1.29 is 23.2 Å². The molecule has 0 bridgehead atoms. The topological polar surface area (TPSA) is 92.7 Å². The molecule has 0 aromatic heterocycles. The zero-order chi connectivity index (χ0) is 12.3. The molecule has 1 rings (SSSR count). The van der Waals surface area contributed by atoms with Crippen LogP contribution in [-0.2, 0) is 14.9 Å². The number of hydrogen-bond donors (Lipinski definition) is 2. The van der Waals surface area contributed by atoms with E-state index >= 15 is 0 Å². The van der Waals surface area contributed by atoms with E-state index in [2.05, 4.69) is 4.84 Å². The summed E-state index contributed by atoms with van der Waals surface area (Å²) in [6, 6.07) is 3.79. The van der Waals surface area contributed by atoms with Crippen LogP contribution in [0.2, 0.25) is 0 Å². The van der Waals surface area contributed by atoms with Gasteiger partial charge in [0.1, 0.15) is 0 Å². The first-order valence-electron chi connectivity index (χ1n) is 3.96. The monoisotopic (exact) mass is 357 g/mol. The molecule has 0 aliphatic rings. The average molecular weight is 357 g/mol. The van der Waals surface area contributed by atoms with E-state index in [9.17, 15) is 13.2 Å². The zero-order valence-electron chi connectivity index (χ0n) is 8.10. The van der Waals surface area contributed by atoms with Crippen LogP contribution in [0.3, 0.4) is 0 Å². The summed E-state index contributed by atoms with van der Waals surface area (Å²) in [5.74, 6) is -1.18. The van der Waals surface area contributed by atoms with Gasteiger partial charge in [0.15, 0.2) is 0 Å². The van der Waals surface area contributed by atoms with Crippen molar-refractivity contribution in [2.45, 2.75) is 4.90 Å². The van der Waals surface area contributed by atoms with Crippen LogP contribution in [0.25, 0.3) is 0 Å². The van der Waals surface area contributed by atoms with Gasteiger partial charge in [-0.15, -0.1) is 0 Å². The average Bonchev–Trinajstić information content (AvgIpc) is 2.17. The lowest BCUT2D eigenvalue weighted by atomic mass is 10.2. The number of rotatable bonds is 4. The molecule has 6 nitrogen and oxygen atoms in total. The van der Waals surface area contributed by atoms with Gasteiger partial charge in [0.25, 0.3) is 10.0 Å². The highest BCUT2D eigenvalue weighted by Crippen LogP contribution is 2.17. The standard InChI is InChI=1S/C8H8INO5S/c1-15-10-16(13,14)5-2-3-7(9)6(4-5)8(11)12/h2-4,10H,1H3,(H,11,12). The fourth-order valence-corrected chi connectivity index (χ4v) is 2.40. The second-order valence-corrected chi connectivity index (χ2v) is 5.54. The fourth-order valence-electron chi connectivity index (χ4n) is 0.993. The van der Waals surface area contributed by atoms with Crippen molar-refractivity contribution in [2.75, 3.05) is 7.11 Å². The second kappa shape index (κ2) is 5.08. The van der Waals surface area contributed by atoms with E-state index in [1.165, 1.54) is 12.1 Å². The quantitative estimate of drug-likeness (QED) is 0.615. The summed E-state index contributed by atoms with van der Waals surface area (Å²) in [5, 5.41) is 8.83. The lowest BCUT2D eigenvalue weighted by Gasteiger charge is -2.06. The molecule has 0 fully saturated rings. The van der Waals surface area contributed by atoms with Crippen molar-refractivity contribution in [3.63, 3.8) is 0 Å². The Kier molecular flexibility index (Phi) is 4.24. The molecular weight excluding hydrogens is 349 g/mol. The number of hydrogen-bond acceptors (Lipinski definition) is 4. The number of halogens is 1. The predicted molar refractivity (Wildman–Crippen MR) is 63.4 cm³/mol. The van der Waals surface area contributed by atoms with E-state index in [0.29, 0.717) is 3.57 Å². The van der Waals surface area contributed by atoms with Gasteiger partial charge in [-0.3, -0.25) is 4.84 Å². The van der Waals surface area contributed by atoms with Gasteiger partial charge < -0.3 is 5.11 Å². The normalized spacial score (nSPS) is 11.4. The van der Waals surface area contributed by atoms with Gasteiger partial charge >= 0.3 is 5.97 Å². The molecule has 8 heteroatoms. The highest BCUT2D eigenvalue weighted by atomic mass is 127. The SMILES string of the molecule is CONS(=O)(=O)c1ccc(I)c(C(=O)O)c1. The Labute approximate surface area is 106 Å². The van der Waals surface area contributed by atoms with Crippen LogP contribution in [-0.4, -0.2) is 26.6 Å². The van der Waals surface area contributed by atoms with Crippen LogP contribution in [0.1, 0.15) is 10.4 Å². The van der Waals surface area contributed by atoms with Crippen LogP contribution in [0.15, 0.2) is 23.1 Å². The molecule has 0 aliphatic carbocycles. The number of carboxylic acid groups (broad SMARTS) is 1. The van der Waals surface area contributed by atoms with Crippen molar-refractivity contribution in [3.8, 4) is 0 Å². The van der Waals surface area contributed by atoms with E-state index in [1.807, 2.05) is 22.6 Å². The van der Waals surface area contributed by atoms with Crippen LogP contribution < -0.4 is 4.89 Å². The van der Waals surface area contributed by atoms with Crippen LogP contribution in [0.4, 0.5) is 0 Å². The summed E-state index contributed by atoms with van der Waals surface area (Å²) >= 11 is 1.81. The molecule has 1 aromatic carbocycles. The highest BCUT2D eigenvalue weighted by Gasteiger charge is 2.17. The Morgan fingerprint density at radius 2 is 2.12 bits per heavy atom. The first kappa shape index (κ1) is 13.4. The number of carboxylic acids is 1. The molecule has 16 heavy (non-hydrogen) atoms. The first-order chi connectivity index (χ1) is 7.38. The van der Waals surface area contributed by atoms with Crippen LogP contribution in [0.5, 0.6) is 0 Å². The van der Waals surface area contributed by atoms with E-state index < -0.39 is 16.0 Å². The van der Waals surface area contributed by atoms with E-state index in [0.717, 1.165) is 13.2 Å². The molecule has 88 valence electrons. The lowest BCUT2D eigenvalue weighted by Crippen LogP contribution is -2.22. The van der Waals surface area contributed by atoms with Crippen molar-refractivity contribution in [1.82, 2.24) is 4.89 Å². The Bertz CT molecular complexity index is 513. The minimum atomic E-state index is -3.82. The maximum Gasteiger partial charge on any atom is 0.336 e. The van der Waals surface area contributed by atoms with Crippen molar-refractivity contribution in [3.05, 3.63) is 27.3 Å². The molecule has 0 radical (unpaired) electrons. The Hall–Kier alpha value is -0.710. The lowest BCUT2D eigenvalue weighted by molar-refractivity contribution is 0.0695. The first-order valence-corrected chi connectivity index (χ1v) is 6.52. The molecule has 2 N–H and O–H groups in total. The van der Waals surface area contributed by atoms with E-state index in [-0.39, 0.29) is 10.5 Å². The molecule has 1 aromatic rings. The predicted octanol–water partition coefficient (Wildman–Crippen LogP) is 0.829. The molecule has 0 amide bonds. The number of benzene rings is 1. The number of sulfonamides is 1. The Morgan fingerprint density at radius 3 is 2.62 bits per heavy atom. The second-order valence-electron chi connectivity index (χ2n) is 2.74. The van der Waals surface area contributed by atoms with Gasteiger partial charge in [-0.05, 0) is 40.8 Å². The Balaban J connectivity index is 3.28. The Morgan fingerprint density at radius 1 is 1.50 bits per heavy atom. The summed E-state index contributed by atoms with van der Waals surface area (Å²) in [4.78, 5) is 16.8. The summed E-state index contributed by atoms with van der Waals surface area (Å²) < 4.78 is 23.4. The third kappa shape index (κ3) is 2.90. The molecule has 0 aliphatic heterocycles. The summed E-state index contributed by atoms with van der Waals surface area (Å²) in [6.07, 6.45) is 0. The number of aromatic carboxylic acids is 1. The smallest absolute Gasteiger partial charge is 0.336 e. The summed E-state index contributed by atoms with van der Waals surface area (Å²) in [6.45, 7) is 0. The number of nitrogens with one attached hydrogen (secondary N) is 1. The van der Waals surface area contributed by atoms with E-state index in [1.54, 1.807) is 4.89 Å². The van der Waals surface area contributed by atoms with E-state index in [4.69, 9.17) is 5.11 Å². The van der Waals surface area contributed by atoms with Gasteiger partial charge in [-0.1, -0.05) is 4.89 Å². The molecule has 0 spiro atoms. The summed E-state index contributed by atoms with van der Waals surface area (Å²) in [7, 11) is -2.67.